The second-order valence-electron chi connectivity index (χ2n) is 6.04. The van der Waals surface area contributed by atoms with Crippen LogP contribution in [0.15, 0.2) is 24.3 Å². The molecule has 0 amide bonds. The van der Waals surface area contributed by atoms with Crippen molar-refractivity contribution in [2.75, 3.05) is 6.61 Å². The topological polar surface area (TPSA) is 72.8 Å². The highest BCUT2D eigenvalue weighted by atomic mass is 16.7. The Kier molecular flexibility index (Phi) is 6.02. The third-order valence-corrected chi connectivity index (χ3v) is 4.45. The van der Waals surface area contributed by atoms with E-state index in [9.17, 15) is 9.59 Å². The highest BCUT2D eigenvalue weighted by molar-refractivity contribution is 5.75. The highest BCUT2D eigenvalue weighted by Gasteiger charge is 2.31. The van der Waals surface area contributed by atoms with Crippen LogP contribution in [0.25, 0.3) is 0 Å². The fraction of sp³-hybridized carbons (Fsp3) is 0.556. The summed E-state index contributed by atoms with van der Waals surface area (Å²) in [5.41, 5.74) is 1.93. The van der Waals surface area contributed by atoms with E-state index in [0.29, 0.717) is 12.5 Å². The SMILES string of the molecule is CCOC(=O)O[C@H]1CCC[C@@H]1Cc1ccc([C@H](C)C(=O)O)cc1. The van der Waals surface area contributed by atoms with Crippen molar-refractivity contribution in [3.05, 3.63) is 35.4 Å². The Morgan fingerprint density at radius 3 is 2.57 bits per heavy atom. The first-order valence-corrected chi connectivity index (χ1v) is 8.16. The van der Waals surface area contributed by atoms with E-state index in [1.165, 1.54) is 0 Å². The standard InChI is InChI=1S/C18H24O5/c1-3-22-18(21)23-16-6-4-5-15(16)11-13-7-9-14(10-8-13)12(2)17(19)20/h7-10,12,15-16H,3-6,11H2,1-2H3,(H,19,20)/t12-,15+,16-/m0/s1. The third kappa shape index (κ3) is 4.71. The van der Waals surface area contributed by atoms with E-state index in [4.69, 9.17) is 14.6 Å². The lowest BCUT2D eigenvalue weighted by Crippen LogP contribution is -2.24. The molecule has 0 saturated heterocycles. The Morgan fingerprint density at radius 2 is 1.96 bits per heavy atom. The monoisotopic (exact) mass is 320 g/mol. The molecule has 1 N–H and O–H groups in total. The van der Waals surface area contributed by atoms with Crippen molar-refractivity contribution >= 4 is 12.1 Å². The van der Waals surface area contributed by atoms with Crippen LogP contribution in [0.2, 0.25) is 0 Å². The molecule has 0 radical (unpaired) electrons. The summed E-state index contributed by atoms with van der Waals surface area (Å²) in [5.74, 6) is -1.03. The van der Waals surface area contributed by atoms with Gasteiger partial charge >= 0.3 is 12.1 Å². The van der Waals surface area contributed by atoms with Gasteiger partial charge in [-0.25, -0.2) is 4.79 Å². The van der Waals surface area contributed by atoms with Gasteiger partial charge < -0.3 is 14.6 Å². The van der Waals surface area contributed by atoms with Gasteiger partial charge in [0.1, 0.15) is 6.10 Å². The molecule has 1 aromatic carbocycles. The molecule has 0 spiro atoms. The van der Waals surface area contributed by atoms with Gasteiger partial charge in [0.05, 0.1) is 12.5 Å². The first kappa shape index (κ1) is 17.3. The highest BCUT2D eigenvalue weighted by Crippen LogP contribution is 2.31. The van der Waals surface area contributed by atoms with E-state index in [0.717, 1.165) is 36.8 Å². The Balaban J connectivity index is 1.95. The summed E-state index contributed by atoms with van der Waals surface area (Å²) >= 11 is 0. The van der Waals surface area contributed by atoms with Crippen molar-refractivity contribution in [3.8, 4) is 0 Å². The van der Waals surface area contributed by atoms with E-state index < -0.39 is 18.0 Å². The van der Waals surface area contributed by atoms with Crippen LogP contribution in [-0.2, 0) is 20.7 Å². The largest absolute Gasteiger partial charge is 0.508 e. The molecule has 1 aliphatic rings. The summed E-state index contributed by atoms with van der Waals surface area (Å²) < 4.78 is 10.2. The van der Waals surface area contributed by atoms with Gasteiger partial charge in [0.2, 0.25) is 0 Å². The molecule has 23 heavy (non-hydrogen) atoms. The number of rotatable bonds is 6. The van der Waals surface area contributed by atoms with Crippen LogP contribution >= 0.6 is 0 Å². The molecule has 3 atom stereocenters. The molecule has 5 nitrogen and oxygen atoms in total. The molecule has 1 fully saturated rings. The van der Waals surface area contributed by atoms with Crippen LogP contribution in [0.1, 0.15) is 50.2 Å². The number of aliphatic carboxylic acids is 1. The second kappa shape index (κ2) is 7.99. The van der Waals surface area contributed by atoms with Crippen molar-refractivity contribution in [3.63, 3.8) is 0 Å². The van der Waals surface area contributed by atoms with Gasteiger partial charge in [0.25, 0.3) is 0 Å². The molecule has 126 valence electrons. The van der Waals surface area contributed by atoms with Gasteiger partial charge in [-0.3, -0.25) is 4.79 Å². The number of carbonyl (C=O) groups excluding carboxylic acids is 1. The zero-order valence-corrected chi connectivity index (χ0v) is 13.7. The van der Waals surface area contributed by atoms with Crippen LogP contribution in [0, 0.1) is 5.92 Å². The quantitative estimate of drug-likeness (QED) is 0.808. The minimum absolute atomic E-state index is 0.0910. The number of carboxylic acid groups (broad SMARTS) is 1. The van der Waals surface area contributed by atoms with Crippen molar-refractivity contribution in [2.45, 2.75) is 51.6 Å². The Bertz CT molecular complexity index is 537. The lowest BCUT2D eigenvalue weighted by Gasteiger charge is -2.20. The zero-order chi connectivity index (χ0) is 16.8. The maximum Gasteiger partial charge on any atom is 0.508 e. The minimum Gasteiger partial charge on any atom is -0.481 e. The molecule has 2 rings (SSSR count). The third-order valence-electron chi connectivity index (χ3n) is 4.45. The first-order chi connectivity index (χ1) is 11.0. The van der Waals surface area contributed by atoms with Gasteiger partial charge in [-0.2, -0.15) is 0 Å². The summed E-state index contributed by atoms with van der Waals surface area (Å²) in [5, 5.41) is 9.04. The Labute approximate surface area is 136 Å². The second-order valence-corrected chi connectivity index (χ2v) is 6.04. The maximum atomic E-state index is 11.5. The van der Waals surface area contributed by atoms with Gasteiger partial charge in [-0.05, 0) is 50.7 Å². The summed E-state index contributed by atoms with van der Waals surface area (Å²) in [4.78, 5) is 22.5. The normalized spacial score (nSPS) is 21.7. The van der Waals surface area contributed by atoms with Gasteiger partial charge in [0, 0.05) is 5.92 Å². The van der Waals surface area contributed by atoms with E-state index in [-0.39, 0.29) is 6.10 Å². The molecule has 5 heteroatoms. The van der Waals surface area contributed by atoms with Crippen molar-refractivity contribution in [1.82, 2.24) is 0 Å². The fourth-order valence-electron chi connectivity index (χ4n) is 3.05. The first-order valence-electron chi connectivity index (χ1n) is 8.16. The number of carboxylic acids is 1. The minimum atomic E-state index is -0.823. The van der Waals surface area contributed by atoms with Crippen molar-refractivity contribution in [2.24, 2.45) is 5.92 Å². The molecular weight excluding hydrogens is 296 g/mol. The number of benzene rings is 1. The lowest BCUT2D eigenvalue weighted by atomic mass is 9.93. The molecule has 0 heterocycles. The summed E-state index contributed by atoms with van der Waals surface area (Å²) in [7, 11) is 0. The maximum absolute atomic E-state index is 11.5. The molecule has 0 bridgehead atoms. The number of carbonyl (C=O) groups is 2. The van der Waals surface area contributed by atoms with E-state index >= 15 is 0 Å². The van der Waals surface area contributed by atoms with Gasteiger partial charge in [-0.15, -0.1) is 0 Å². The van der Waals surface area contributed by atoms with Crippen LogP contribution in [0.5, 0.6) is 0 Å². The van der Waals surface area contributed by atoms with Crippen LogP contribution < -0.4 is 0 Å². The van der Waals surface area contributed by atoms with E-state index in [2.05, 4.69) is 0 Å². The molecule has 0 aromatic heterocycles. The van der Waals surface area contributed by atoms with Crippen LogP contribution in [-0.4, -0.2) is 29.9 Å². The molecule has 1 aliphatic carbocycles. The average molecular weight is 320 g/mol. The molecule has 0 aliphatic heterocycles. The van der Waals surface area contributed by atoms with Gasteiger partial charge in [-0.1, -0.05) is 24.3 Å². The van der Waals surface area contributed by atoms with Crippen LogP contribution in [0.4, 0.5) is 4.79 Å². The molecule has 1 aromatic rings. The fourth-order valence-corrected chi connectivity index (χ4v) is 3.05. The molecule has 0 unspecified atom stereocenters. The Hall–Kier alpha value is -2.04. The molecular formula is C18H24O5. The smallest absolute Gasteiger partial charge is 0.481 e. The Morgan fingerprint density at radius 1 is 1.26 bits per heavy atom. The average Bonchev–Trinajstić information content (AvgIpc) is 2.94. The predicted octanol–water partition coefficient (Wildman–Crippen LogP) is 3.76. The zero-order valence-electron chi connectivity index (χ0n) is 13.7. The number of hydrogen-bond donors (Lipinski definition) is 1. The van der Waals surface area contributed by atoms with Gasteiger partial charge in [0.15, 0.2) is 0 Å². The van der Waals surface area contributed by atoms with E-state index in [1.54, 1.807) is 13.8 Å². The van der Waals surface area contributed by atoms with Crippen molar-refractivity contribution < 1.29 is 24.2 Å². The number of hydrogen-bond acceptors (Lipinski definition) is 4. The van der Waals surface area contributed by atoms with E-state index in [1.807, 2.05) is 24.3 Å². The van der Waals surface area contributed by atoms with Crippen LogP contribution in [0.3, 0.4) is 0 Å². The summed E-state index contributed by atoms with van der Waals surface area (Å²) in [6, 6.07) is 7.66. The molecule has 1 saturated carbocycles. The lowest BCUT2D eigenvalue weighted by molar-refractivity contribution is -0.138. The number of ether oxygens (including phenoxy) is 2. The summed E-state index contributed by atoms with van der Waals surface area (Å²) in [6.45, 7) is 3.75. The predicted molar refractivity (Wildman–Crippen MR) is 85.4 cm³/mol. The summed E-state index contributed by atoms with van der Waals surface area (Å²) in [6.07, 6.45) is 3.09. The van der Waals surface area contributed by atoms with Crippen molar-refractivity contribution in [1.29, 1.82) is 0 Å².